The number of tetrazole rings is 1. The molecule has 0 bridgehead atoms. The predicted molar refractivity (Wildman–Crippen MR) is 86.3 cm³/mol. The van der Waals surface area contributed by atoms with E-state index in [9.17, 15) is 8.42 Å². The minimum Gasteiger partial charge on any atom is -0.573 e. The summed E-state index contributed by atoms with van der Waals surface area (Å²) in [6.45, 7) is 0. The zero-order chi connectivity index (χ0) is 16.4. The summed E-state index contributed by atoms with van der Waals surface area (Å²) in [6, 6.07) is 10.5. The van der Waals surface area contributed by atoms with Crippen LogP contribution in [0.2, 0.25) is 10.0 Å². The Hall–Kier alpha value is -2.16. The monoisotopic (exact) mass is 368 g/mol. The third-order valence-electron chi connectivity index (χ3n) is 2.81. The summed E-state index contributed by atoms with van der Waals surface area (Å²) < 4.78 is 28.5. The van der Waals surface area contributed by atoms with Gasteiger partial charge in [0, 0.05) is 15.6 Å². The van der Waals surface area contributed by atoms with Crippen molar-refractivity contribution in [2.24, 2.45) is 0 Å². The van der Waals surface area contributed by atoms with Gasteiger partial charge in [0.25, 0.3) is 0 Å². The largest absolute Gasteiger partial charge is 0.573 e. The van der Waals surface area contributed by atoms with Crippen molar-refractivity contribution in [1.29, 1.82) is 0 Å². The first-order valence-electron chi connectivity index (χ1n) is 6.22. The molecule has 0 aliphatic rings. The molecule has 1 aromatic heterocycles. The number of hydrogen-bond donors (Lipinski definition) is 1. The molecule has 0 saturated heterocycles. The number of rotatable bonds is 4. The number of H-pyrrole nitrogens is 1. The molecule has 2 aromatic carbocycles. The van der Waals surface area contributed by atoms with Crippen LogP contribution in [-0.4, -0.2) is 29.0 Å². The number of aromatic amines is 1. The second kappa shape index (κ2) is 6.15. The van der Waals surface area contributed by atoms with Gasteiger partial charge in [0.05, 0.1) is 4.90 Å². The second-order valence-corrected chi connectivity index (χ2v) is 6.93. The van der Waals surface area contributed by atoms with Crippen molar-refractivity contribution in [3.05, 3.63) is 57.2 Å². The second-order valence-electron chi connectivity index (χ2n) is 4.46. The molecule has 0 aliphatic heterocycles. The van der Waals surface area contributed by atoms with Gasteiger partial charge < -0.3 is 4.72 Å². The molecular weight excluding hydrogens is 361 g/mol. The molecule has 118 valence electrons. The topological polar surface area (TPSA) is 103 Å². The van der Waals surface area contributed by atoms with Crippen LogP contribution in [0.5, 0.6) is 0 Å². The number of hydrogen-bond acceptors (Lipinski definition) is 5. The zero-order valence-corrected chi connectivity index (χ0v) is 13.6. The van der Waals surface area contributed by atoms with E-state index in [2.05, 4.69) is 25.3 Å². The molecule has 0 radical (unpaired) electrons. The molecular formula is C13H8Cl2N5O2S-. The van der Waals surface area contributed by atoms with Crippen LogP contribution in [0.3, 0.4) is 0 Å². The first-order valence-corrected chi connectivity index (χ1v) is 8.42. The van der Waals surface area contributed by atoms with E-state index in [1.807, 2.05) is 0 Å². The Morgan fingerprint density at radius 1 is 1.04 bits per heavy atom. The van der Waals surface area contributed by atoms with Gasteiger partial charge in [-0.2, -0.15) is 5.21 Å². The maximum atomic E-state index is 12.4. The molecule has 0 fully saturated rings. The van der Waals surface area contributed by atoms with Gasteiger partial charge in [-0.15, -0.1) is 15.9 Å². The molecule has 23 heavy (non-hydrogen) atoms. The Labute approximate surface area is 141 Å². The Morgan fingerprint density at radius 3 is 2.43 bits per heavy atom. The van der Waals surface area contributed by atoms with E-state index in [0.717, 1.165) is 0 Å². The van der Waals surface area contributed by atoms with E-state index in [-0.39, 0.29) is 20.6 Å². The van der Waals surface area contributed by atoms with Crippen LogP contribution in [0.15, 0.2) is 47.4 Å². The highest BCUT2D eigenvalue weighted by Gasteiger charge is 2.08. The summed E-state index contributed by atoms with van der Waals surface area (Å²) >= 11 is 11.7. The highest BCUT2D eigenvalue weighted by molar-refractivity contribution is 7.94. The normalized spacial score (nSPS) is 11.4. The fraction of sp³-hybridized carbons (Fsp3) is 0. The standard InChI is InChI=1S/C13H8Cl2N5O2S/c14-9-5-10(15)7-12(6-9)23(21,22)18-11-3-1-2-8(4-11)13-16-19-20-17-13/h1-7H,(H,16,17,19,20)/q-1. The third-order valence-corrected chi connectivity index (χ3v) is 4.53. The highest BCUT2D eigenvalue weighted by Crippen LogP contribution is 2.32. The lowest BCUT2D eigenvalue weighted by Gasteiger charge is -2.22. The molecule has 0 unspecified atom stereocenters. The molecule has 0 spiro atoms. The lowest BCUT2D eigenvalue weighted by atomic mass is 10.2. The summed E-state index contributed by atoms with van der Waals surface area (Å²) in [6.07, 6.45) is 0. The fourth-order valence-electron chi connectivity index (χ4n) is 1.85. The average Bonchev–Trinajstić information content (AvgIpc) is 3.00. The average molecular weight is 369 g/mol. The number of halogens is 2. The van der Waals surface area contributed by atoms with Crippen molar-refractivity contribution < 1.29 is 8.42 Å². The molecule has 1 N–H and O–H groups in total. The van der Waals surface area contributed by atoms with Crippen LogP contribution in [0, 0.1) is 0 Å². The van der Waals surface area contributed by atoms with Gasteiger partial charge in [0.1, 0.15) is 10.0 Å². The van der Waals surface area contributed by atoms with Crippen molar-refractivity contribution in [3.8, 4) is 11.4 Å². The SMILES string of the molecule is O=S(=O)([N-]c1cccc(-c2nn[nH]n2)c1)c1cc(Cl)cc(Cl)c1. The maximum absolute atomic E-state index is 12.4. The van der Waals surface area contributed by atoms with Crippen molar-refractivity contribution in [2.45, 2.75) is 4.90 Å². The van der Waals surface area contributed by atoms with Gasteiger partial charge >= 0.3 is 0 Å². The van der Waals surface area contributed by atoms with E-state index in [0.29, 0.717) is 11.4 Å². The van der Waals surface area contributed by atoms with Gasteiger partial charge in [-0.1, -0.05) is 47.5 Å². The van der Waals surface area contributed by atoms with Crippen LogP contribution in [-0.2, 0) is 10.0 Å². The van der Waals surface area contributed by atoms with Gasteiger partial charge in [0.2, 0.25) is 5.82 Å². The lowest BCUT2D eigenvalue weighted by Crippen LogP contribution is -1.98. The first kappa shape index (κ1) is 15.7. The molecule has 3 rings (SSSR count). The van der Waals surface area contributed by atoms with Crippen molar-refractivity contribution in [3.63, 3.8) is 0 Å². The van der Waals surface area contributed by atoms with Crippen LogP contribution in [0.25, 0.3) is 16.1 Å². The van der Waals surface area contributed by atoms with Crippen molar-refractivity contribution >= 4 is 38.9 Å². The van der Waals surface area contributed by atoms with Crippen LogP contribution >= 0.6 is 23.2 Å². The fourth-order valence-corrected chi connectivity index (χ4v) is 3.56. The number of benzene rings is 2. The molecule has 0 amide bonds. The Balaban J connectivity index is 1.93. The minimum atomic E-state index is -3.95. The van der Waals surface area contributed by atoms with Crippen LogP contribution in [0.4, 0.5) is 5.69 Å². The summed E-state index contributed by atoms with van der Waals surface area (Å²) in [4.78, 5) is -0.0834. The molecule has 1 heterocycles. The van der Waals surface area contributed by atoms with Crippen LogP contribution < -0.4 is 0 Å². The van der Waals surface area contributed by atoms with Gasteiger partial charge in [-0.3, -0.25) is 0 Å². The Morgan fingerprint density at radius 2 is 1.78 bits per heavy atom. The first-order chi connectivity index (χ1) is 10.9. The molecule has 0 atom stereocenters. The molecule has 0 saturated carbocycles. The number of nitrogens with one attached hydrogen (secondary N) is 1. The number of aromatic nitrogens is 4. The molecule has 3 aromatic rings. The summed E-state index contributed by atoms with van der Waals surface area (Å²) in [5.74, 6) is 0.338. The Kier molecular flexibility index (Phi) is 4.20. The van der Waals surface area contributed by atoms with E-state index in [1.54, 1.807) is 18.2 Å². The number of nitrogens with zero attached hydrogens (tertiary/aromatic N) is 4. The van der Waals surface area contributed by atoms with Crippen LogP contribution in [0.1, 0.15) is 0 Å². The third kappa shape index (κ3) is 3.61. The quantitative estimate of drug-likeness (QED) is 0.757. The molecule has 7 nitrogen and oxygen atoms in total. The zero-order valence-electron chi connectivity index (χ0n) is 11.3. The molecule has 0 aliphatic carbocycles. The van der Waals surface area contributed by atoms with Crippen molar-refractivity contribution in [2.75, 3.05) is 0 Å². The minimum absolute atomic E-state index is 0.0834. The van der Waals surface area contributed by atoms with E-state index < -0.39 is 10.0 Å². The van der Waals surface area contributed by atoms with E-state index >= 15 is 0 Å². The highest BCUT2D eigenvalue weighted by atomic mass is 35.5. The smallest absolute Gasteiger partial charge is 0.204 e. The predicted octanol–water partition coefficient (Wildman–Crippen LogP) is 3.57. The molecule has 10 heteroatoms. The van der Waals surface area contributed by atoms with Gasteiger partial charge in [0.15, 0.2) is 0 Å². The lowest BCUT2D eigenvalue weighted by molar-refractivity contribution is 0.603. The van der Waals surface area contributed by atoms with E-state index in [1.165, 1.54) is 24.3 Å². The summed E-state index contributed by atoms with van der Waals surface area (Å²) in [7, 11) is -3.95. The van der Waals surface area contributed by atoms with Gasteiger partial charge in [-0.05, 0) is 23.4 Å². The van der Waals surface area contributed by atoms with Gasteiger partial charge in [-0.25, -0.2) is 8.42 Å². The summed E-state index contributed by atoms with van der Waals surface area (Å²) in [5, 5.41) is 13.9. The number of sulfonamides is 1. The maximum Gasteiger partial charge on any atom is 0.204 e. The van der Waals surface area contributed by atoms with Crippen molar-refractivity contribution in [1.82, 2.24) is 20.6 Å². The Bertz CT molecular complexity index is 925. The van der Waals surface area contributed by atoms with E-state index in [4.69, 9.17) is 23.2 Å². The summed E-state index contributed by atoms with van der Waals surface area (Å²) in [5.41, 5.74) is 0.808.